The first kappa shape index (κ1) is 11.5. The van der Waals surface area contributed by atoms with Crippen molar-refractivity contribution < 1.29 is 0 Å². The molecule has 0 saturated carbocycles. The molecule has 0 aliphatic heterocycles. The molecule has 1 aromatic heterocycles. The minimum Gasteiger partial charge on any atom is -0.314 e. The monoisotopic (exact) mass is 216 g/mol. The maximum absolute atomic E-state index is 5.73. The molecular formula is C9H17ClN4. The molecule has 80 valence electrons. The summed E-state index contributed by atoms with van der Waals surface area (Å²) in [5.41, 5.74) is 0. The maximum Gasteiger partial charge on any atom is 0.0785 e. The second-order valence-electron chi connectivity index (χ2n) is 3.47. The zero-order chi connectivity index (χ0) is 10.4. The van der Waals surface area contributed by atoms with E-state index in [-0.39, 0.29) is 0 Å². The molecule has 1 aromatic rings. The highest BCUT2D eigenvalue weighted by atomic mass is 35.5. The molecule has 0 aliphatic carbocycles. The highest BCUT2D eigenvalue weighted by molar-refractivity contribution is 6.30. The van der Waals surface area contributed by atoms with Crippen LogP contribution in [-0.2, 0) is 6.54 Å². The summed E-state index contributed by atoms with van der Waals surface area (Å²) in [5.74, 6) is 0. The molecule has 1 heterocycles. The number of rotatable bonds is 6. The summed E-state index contributed by atoms with van der Waals surface area (Å²) in [6.07, 6.45) is 3.48. The van der Waals surface area contributed by atoms with Gasteiger partial charge in [-0.1, -0.05) is 11.6 Å². The number of halogens is 1. The fourth-order valence-corrected chi connectivity index (χ4v) is 1.24. The Morgan fingerprint density at radius 3 is 2.86 bits per heavy atom. The second kappa shape index (κ2) is 6.01. The molecule has 14 heavy (non-hydrogen) atoms. The van der Waals surface area contributed by atoms with Gasteiger partial charge in [0.05, 0.1) is 17.8 Å². The first-order valence-electron chi connectivity index (χ1n) is 4.72. The zero-order valence-electron chi connectivity index (χ0n) is 8.70. The van der Waals surface area contributed by atoms with Crippen LogP contribution < -0.4 is 5.32 Å². The Labute approximate surface area is 89.8 Å². The van der Waals surface area contributed by atoms with Gasteiger partial charge < -0.3 is 10.2 Å². The van der Waals surface area contributed by atoms with Gasteiger partial charge in [0.1, 0.15) is 0 Å². The summed E-state index contributed by atoms with van der Waals surface area (Å²) in [5, 5.41) is 8.10. The van der Waals surface area contributed by atoms with Crippen LogP contribution in [0.25, 0.3) is 0 Å². The topological polar surface area (TPSA) is 33.1 Å². The van der Waals surface area contributed by atoms with Crippen LogP contribution in [0.2, 0.25) is 5.02 Å². The smallest absolute Gasteiger partial charge is 0.0785 e. The molecule has 1 rings (SSSR count). The first-order chi connectivity index (χ1) is 6.68. The fourth-order valence-electron chi connectivity index (χ4n) is 1.08. The first-order valence-corrected chi connectivity index (χ1v) is 5.09. The van der Waals surface area contributed by atoms with Crippen LogP contribution in [0.4, 0.5) is 0 Å². The highest BCUT2D eigenvalue weighted by Crippen LogP contribution is 2.03. The van der Waals surface area contributed by atoms with Gasteiger partial charge in [-0.05, 0) is 14.1 Å². The molecule has 4 nitrogen and oxygen atoms in total. The lowest BCUT2D eigenvalue weighted by atomic mass is 10.5. The van der Waals surface area contributed by atoms with E-state index < -0.39 is 0 Å². The van der Waals surface area contributed by atoms with Crippen LogP contribution in [0.15, 0.2) is 12.4 Å². The Morgan fingerprint density at radius 2 is 2.29 bits per heavy atom. The predicted molar refractivity (Wildman–Crippen MR) is 58.7 cm³/mol. The molecule has 0 saturated heterocycles. The summed E-state index contributed by atoms with van der Waals surface area (Å²) in [7, 11) is 4.13. The Kier molecular flexibility index (Phi) is 4.93. The summed E-state index contributed by atoms with van der Waals surface area (Å²) < 4.78 is 1.84. The van der Waals surface area contributed by atoms with Crippen LogP contribution >= 0.6 is 11.6 Å². The molecule has 1 N–H and O–H groups in total. The Hall–Kier alpha value is -0.580. The molecule has 5 heteroatoms. The van der Waals surface area contributed by atoms with E-state index in [0.29, 0.717) is 5.02 Å². The van der Waals surface area contributed by atoms with Crippen molar-refractivity contribution in [2.75, 3.05) is 33.7 Å². The number of hydrogen-bond acceptors (Lipinski definition) is 3. The third kappa shape index (κ3) is 4.60. The van der Waals surface area contributed by atoms with Gasteiger partial charge in [-0.15, -0.1) is 0 Å². The van der Waals surface area contributed by atoms with Crippen molar-refractivity contribution in [3.05, 3.63) is 17.4 Å². The fraction of sp³-hybridized carbons (Fsp3) is 0.667. The molecule has 0 aromatic carbocycles. The number of nitrogens with zero attached hydrogens (tertiary/aromatic N) is 3. The van der Waals surface area contributed by atoms with E-state index in [0.717, 1.165) is 26.2 Å². The maximum atomic E-state index is 5.73. The Morgan fingerprint density at radius 1 is 1.50 bits per heavy atom. The minimum atomic E-state index is 0.693. The van der Waals surface area contributed by atoms with Crippen molar-refractivity contribution in [3.63, 3.8) is 0 Å². The van der Waals surface area contributed by atoms with Crippen LogP contribution in [0.5, 0.6) is 0 Å². The van der Waals surface area contributed by atoms with Gasteiger partial charge in [-0.3, -0.25) is 4.68 Å². The third-order valence-electron chi connectivity index (χ3n) is 1.86. The summed E-state index contributed by atoms with van der Waals surface area (Å²) >= 11 is 5.73. The molecule has 0 fully saturated rings. The normalized spacial score (nSPS) is 11.1. The molecule has 0 spiro atoms. The number of likely N-dealkylation sites (N-methyl/N-ethyl adjacent to an activating group) is 1. The lowest BCUT2D eigenvalue weighted by Crippen LogP contribution is -2.28. The number of hydrogen-bond donors (Lipinski definition) is 1. The van der Waals surface area contributed by atoms with Crippen molar-refractivity contribution >= 4 is 11.6 Å². The van der Waals surface area contributed by atoms with E-state index >= 15 is 0 Å². The third-order valence-corrected chi connectivity index (χ3v) is 2.05. The van der Waals surface area contributed by atoms with Crippen molar-refractivity contribution in [2.24, 2.45) is 0 Å². The largest absolute Gasteiger partial charge is 0.314 e. The highest BCUT2D eigenvalue weighted by Gasteiger charge is 1.94. The van der Waals surface area contributed by atoms with Gasteiger partial charge >= 0.3 is 0 Å². The van der Waals surface area contributed by atoms with Gasteiger partial charge in [0.15, 0.2) is 0 Å². The van der Waals surface area contributed by atoms with Crippen molar-refractivity contribution in [1.82, 2.24) is 20.0 Å². The van der Waals surface area contributed by atoms with Crippen LogP contribution in [-0.4, -0.2) is 48.4 Å². The average Bonchev–Trinajstić information content (AvgIpc) is 2.50. The van der Waals surface area contributed by atoms with E-state index in [4.69, 9.17) is 11.6 Å². The second-order valence-corrected chi connectivity index (χ2v) is 3.91. The van der Waals surface area contributed by atoms with Gasteiger partial charge in [-0.25, -0.2) is 0 Å². The van der Waals surface area contributed by atoms with Crippen LogP contribution in [0.3, 0.4) is 0 Å². The van der Waals surface area contributed by atoms with E-state index in [1.54, 1.807) is 6.20 Å². The van der Waals surface area contributed by atoms with Crippen molar-refractivity contribution in [3.8, 4) is 0 Å². The van der Waals surface area contributed by atoms with Gasteiger partial charge in [0.25, 0.3) is 0 Å². The van der Waals surface area contributed by atoms with Crippen LogP contribution in [0, 0.1) is 0 Å². The SMILES string of the molecule is CN(C)CCNCCn1cc(Cl)cn1. The van der Waals surface area contributed by atoms with Gasteiger partial charge in [-0.2, -0.15) is 5.10 Å². The summed E-state index contributed by atoms with van der Waals surface area (Å²) in [4.78, 5) is 2.15. The molecular weight excluding hydrogens is 200 g/mol. The number of nitrogens with one attached hydrogen (secondary N) is 1. The van der Waals surface area contributed by atoms with Gasteiger partial charge in [0.2, 0.25) is 0 Å². The van der Waals surface area contributed by atoms with Crippen molar-refractivity contribution in [2.45, 2.75) is 6.54 Å². The minimum absolute atomic E-state index is 0.693. The molecule has 0 amide bonds. The quantitative estimate of drug-likeness (QED) is 0.711. The predicted octanol–water partition coefficient (Wildman–Crippen LogP) is 0.688. The lowest BCUT2D eigenvalue weighted by Gasteiger charge is -2.10. The molecule has 0 atom stereocenters. The zero-order valence-corrected chi connectivity index (χ0v) is 9.46. The molecule has 0 unspecified atom stereocenters. The van der Waals surface area contributed by atoms with E-state index in [1.807, 2.05) is 10.9 Å². The molecule has 0 aliphatic rings. The lowest BCUT2D eigenvalue weighted by molar-refractivity contribution is 0.396. The van der Waals surface area contributed by atoms with Gasteiger partial charge in [0, 0.05) is 25.8 Å². The average molecular weight is 217 g/mol. The van der Waals surface area contributed by atoms with Crippen molar-refractivity contribution in [1.29, 1.82) is 0 Å². The summed E-state index contributed by atoms with van der Waals surface area (Å²) in [6, 6.07) is 0. The Bertz CT molecular complexity index is 259. The van der Waals surface area contributed by atoms with Crippen LogP contribution in [0.1, 0.15) is 0 Å². The molecule has 0 bridgehead atoms. The van der Waals surface area contributed by atoms with E-state index in [1.165, 1.54) is 0 Å². The van der Waals surface area contributed by atoms with E-state index in [2.05, 4.69) is 29.4 Å². The summed E-state index contributed by atoms with van der Waals surface area (Å²) in [6.45, 7) is 3.84. The number of aromatic nitrogens is 2. The van der Waals surface area contributed by atoms with E-state index in [9.17, 15) is 0 Å². The standard InChI is InChI=1S/C9H17ClN4/c1-13(2)5-3-11-4-6-14-8-9(10)7-12-14/h7-8,11H,3-6H2,1-2H3. The Balaban J connectivity index is 2.04. The molecule has 0 radical (unpaired) electrons.